The van der Waals surface area contributed by atoms with Gasteiger partial charge in [-0.15, -0.1) is 0 Å². The average molecular weight is 447 g/mol. The van der Waals surface area contributed by atoms with Gasteiger partial charge in [-0.3, -0.25) is 9.59 Å². The Hall–Kier alpha value is -2.54. The standard InChI is InChI=1S/C21H23BrN2O4/c1-27-17-4-2-5-18(14-17)28-13-11-23-20(25)19-6-3-12-24(19)21(26)15-7-9-16(22)10-8-15/h2,4-5,7-10,14,19H,3,6,11-13H2,1H3,(H,23,25). The normalized spacial score (nSPS) is 15.9. The Bertz CT molecular complexity index is 825. The van der Waals surface area contributed by atoms with E-state index in [1.54, 1.807) is 30.2 Å². The van der Waals surface area contributed by atoms with Crippen molar-refractivity contribution in [3.8, 4) is 11.5 Å². The molecule has 1 saturated heterocycles. The minimum Gasteiger partial charge on any atom is -0.497 e. The summed E-state index contributed by atoms with van der Waals surface area (Å²) < 4.78 is 11.7. The molecule has 28 heavy (non-hydrogen) atoms. The van der Waals surface area contributed by atoms with E-state index in [1.807, 2.05) is 30.3 Å². The van der Waals surface area contributed by atoms with Crippen LogP contribution in [-0.2, 0) is 4.79 Å². The van der Waals surface area contributed by atoms with Gasteiger partial charge in [-0.25, -0.2) is 0 Å². The van der Waals surface area contributed by atoms with Crippen LogP contribution in [0.2, 0.25) is 0 Å². The van der Waals surface area contributed by atoms with Gasteiger partial charge in [-0.1, -0.05) is 22.0 Å². The summed E-state index contributed by atoms with van der Waals surface area (Å²) in [6.45, 7) is 1.30. The number of hydrogen-bond acceptors (Lipinski definition) is 4. The lowest BCUT2D eigenvalue weighted by Crippen LogP contribution is -2.46. The molecule has 1 fully saturated rings. The first kappa shape index (κ1) is 20.2. The summed E-state index contributed by atoms with van der Waals surface area (Å²) in [5, 5.41) is 2.87. The first-order chi connectivity index (χ1) is 13.6. The molecule has 1 aliphatic heterocycles. The highest BCUT2D eigenvalue weighted by molar-refractivity contribution is 9.10. The number of carbonyl (C=O) groups is 2. The lowest BCUT2D eigenvalue weighted by atomic mass is 10.1. The third kappa shape index (κ3) is 5.04. The molecule has 1 atom stereocenters. The van der Waals surface area contributed by atoms with Crippen molar-refractivity contribution < 1.29 is 19.1 Å². The molecule has 6 nitrogen and oxygen atoms in total. The second kappa shape index (κ2) is 9.59. The van der Waals surface area contributed by atoms with E-state index in [4.69, 9.17) is 9.47 Å². The molecule has 0 radical (unpaired) electrons. The molecule has 3 rings (SSSR count). The van der Waals surface area contributed by atoms with Gasteiger partial charge in [-0.05, 0) is 49.2 Å². The molecular weight excluding hydrogens is 424 g/mol. The number of likely N-dealkylation sites (tertiary alicyclic amines) is 1. The number of methoxy groups -OCH3 is 1. The fraction of sp³-hybridized carbons (Fsp3) is 0.333. The summed E-state index contributed by atoms with van der Waals surface area (Å²) in [7, 11) is 1.60. The van der Waals surface area contributed by atoms with E-state index < -0.39 is 6.04 Å². The highest BCUT2D eigenvalue weighted by Gasteiger charge is 2.34. The number of nitrogens with one attached hydrogen (secondary N) is 1. The van der Waals surface area contributed by atoms with Gasteiger partial charge in [0, 0.05) is 22.6 Å². The van der Waals surface area contributed by atoms with E-state index in [9.17, 15) is 9.59 Å². The molecule has 1 N–H and O–H groups in total. The zero-order chi connectivity index (χ0) is 19.9. The molecule has 0 saturated carbocycles. The van der Waals surface area contributed by atoms with Crippen molar-refractivity contribution in [2.75, 3.05) is 26.8 Å². The molecule has 0 aromatic heterocycles. The Kier molecular flexibility index (Phi) is 6.92. The van der Waals surface area contributed by atoms with Crippen molar-refractivity contribution in [3.63, 3.8) is 0 Å². The zero-order valence-corrected chi connectivity index (χ0v) is 17.3. The SMILES string of the molecule is COc1cccc(OCCNC(=O)C2CCCN2C(=O)c2ccc(Br)cc2)c1. The van der Waals surface area contributed by atoms with Crippen molar-refractivity contribution in [1.82, 2.24) is 10.2 Å². The average Bonchev–Trinajstić information content (AvgIpc) is 3.21. The molecule has 0 spiro atoms. The number of rotatable bonds is 7. The van der Waals surface area contributed by atoms with Crippen molar-refractivity contribution in [2.45, 2.75) is 18.9 Å². The fourth-order valence-corrected chi connectivity index (χ4v) is 3.46. The van der Waals surface area contributed by atoms with Crippen molar-refractivity contribution in [1.29, 1.82) is 0 Å². The fourth-order valence-electron chi connectivity index (χ4n) is 3.19. The number of carbonyl (C=O) groups excluding carboxylic acids is 2. The highest BCUT2D eigenvalue weighted by atomic mass is 79.9. The molecule has 7 heteroatoms. The first-order valence-electron chi connectivity index (χ1n) is 9.19. The van der Waals surface area contributed by atoms with Gasteiger partial charge < -0.3 is 19.7 Å². The Labute approximate surface area is 172 Å². The van der Waals surface area contributed by atoms with Crippen molar-refractivity contribution in [3.05, 3.63) is 58.6 Å². The number of nitrogens with zero attached hydrogens (tertiary/aromatic N) is 1. The van der Waals surface area contributed by atoms with E-state index in [0.717, 1.165) is 16.6 Å². The van der Waals surface area contributed by atoms with Crippen LogP contribution < -0.4 is 14.8 Å². The minimum atomic E-state index is -0.437. The molecule has 2 aromatic rings. The van der Waals surface area contributed by atoms with Gasteiger partial charge in [0.05, 0.1) is 13.7 Å². The third-order valence-corrected chi connectivity index (χ3v) is 5.15. The van der Waals surface area contributed by atoms with Gasteiger partial charge in [0.25, 0.3) is 5.91 Å². The van der Waals surface area contributed by atoms with Gasteiger partial charge in [0.15, 0.2) is 0 Å². The van der Waals surface area contributed by atoms with Crippen LogP contribution in [0.4, 0.5) is 0 Å². The molecular formula is C21H23BrN2O4. The number of halogens is 1. The molecule has 1 heterocycles. The van der Waals surface area contributed by atoms with Crippen LogP contribution >= 0.6 is 15.9 Å². The van der Waals surface area contributed by atoms with E-state index in [0.29, 0.717) is 37.4 Å². The summed E-state index contributed by atoms with van der Waals surface area (Å²) in [6, 6.07) is 14.1. The first-order valence-corrected chi connectivity index (χ1v) is 9.99. The maximum absolute atomic E-state index is 12.7. The molecule has 1 aliphatic rings. The predicted molar refractivity (Wildman–Crippen MR) is 110 cm³/mol. The molecule has 148 valence electrons. The molecule has 0 aliphatic carbocycles. The zero-order valence-electron chi connectivity index (χ0n) is 15.7. The molecule has 0 bridgehead atoms. The highest BCUT2D eigenvalue weighted by Crippen LogP contribution is 2.22. The second-order valence-corrected chi connectivity index (χ2v) is 7.40. The number of amides is 2. The smallest absolute Gasteiger partial charge is 0.254 e. The van der Waals surface area contributed by atoms with Crippen LogP contribution in [0, 0.1) is 0 Å². The summed E-state index contributed by atoms with van der Waals surface area (Å²) in [5.74, 6) is 1.14. The third-order valence-electron chi connectivity index (χ3n) is 4.62. The summed E-state index contributed by atoms with van der Waals surface area (Å²) >= 11 is 3.37. The maximum Gasteiger partial charge on any atom is 0.254 e. The van der Waals surface area contributed by atoms with E-state index in [1.165, 1.54) is 0 Å². The minimum absolute atomic E-state index is 0.113. The number of benzene rings is 2. The van der Waals surface area contributed by atoms with E-state index >= 15 is 0 Å². The van der Waals surface area contributed by atoms with Gasteiger partial charge >= 0.3 is 0 Å². The van der Waals surface area contributed by atoms with Crippen LogP contribution in [0.1, 0.15) is 23.2 Å². The molecule has 1 unspecified atom stereocenters. The van der Waals surface area contributed by atoms with Crippen molar-refractivity contribution >= 4 is 27.7 Å². The monoisotopic (exact) mass is 446 g/mol. The quantitative estimate of drug-likeness (QED) is 0.662. The molecule has 2 aromatic carbocycles. The summed E-state index contributed by atoms with van der Waals surface area (Å²) in [6.07, 6.45) is 1.49. The van der Waals surface area contributed by atoms with Crippen LogP contribution in [-0.4, -0.2) is 49.6 Å². The lowest BCUT2D eigenvalue weighted by Gasteiger charge is -2.24. The second-order valence-electron chi connectivity index (χ2n) is 6.48. The van der Waals surface area contributed by atoms with Crippen LogP contribution in [0.15, 0.2) is 53.0 Å². The van der Waals surface area contributed by atoms with Crippen LogP contribution in [0.25, 0.3) is 0 Å². The van der Waals surface area contributed by atoms with Crippen LogP contribution in [0.5, 0.6) is 11.5 Å². The topological polar surface area (TPSA) is 67.9 Å². The summed E-state index contributed by atoms with van der Waals surface area (Å²) in [5.41, 5.74) is 0.587. The summed E-state index contributed by atoms with van der Waals surface area (Å²) in [4.78, 5) is 27.0. The Morgan fingerprint density at radius 2 is 1.93 bits per heavy atom. The Morgan fingerprint density at radius 3 is 2.68 bits per heavy atom. The Balaban J connectivity index is 1.50. The largest absolute Gasteiger partial charge is 0.497 e. The maximum atomic E-state index is 12.7. The van der Waals surface area contributed by atoms with Crippen molar-refractivity contribution in [2.24, 2.45) is 0 Å². The number of ether oxygens (including phenoxy) is 2. The lowest BCUT2D eigenvalue weighted by molar-refractivity contribution is -0.124. The van der Waals surface area contributed by atoms with E-state index in [2.05, 4.69) is 21.2 Å². The van der Waals surface area contributed by atoms with Gasteiger partial charge in [0.2, 0.25) is 5.91 Å². The van der Waals surface area contributed by atoms with Gasteiger partial charge in [-0.2, -0.15) is 0 Å². The van der Waals surface area contributed by atoms with Crippen LogP contribution in [0.3, 0.4) is 0 Å². The predicted octanol–water partition coefficient (Wildman–Crippen LogP) is 3.26. The molecule has 2 amide bonds. The Morgan fingerprint density at radius 1 is 1.18 bits per heavy atom. The van der Waals surface area contributed by atoms with Gasteiger partial charge in [0.1, 0.15) is 24.1 Å². The number of hydrogen-bond donors (Lipinski definition) is 1. The van der Waals surface area contributed by atoms with E-state index in [-0.39, 0.29) is 11.8 Å².